The highest BCUT2D eigenvalue weighted by Crippen LogP contribution is 2.21. The van der Waals surface area contributed by atoms with Gasteiger partial charge in [-0.1, -0.05) is 29.8 Å². The van der Waals surface area contributed by atoms with Crippen LogP contribution in [0.2, 0.25) is 0 Å². The van der Waals surface area contributed by atoms with E-state index in [0.29, 0.717) is 5.92 Å². The second-order valence-electron chi connectivity index (χ2n) is 3.95. The summed E-state index contributed by atoms with van der Waals surface area (Å²) in [4.78, 5) is 0. The Morgan fingerprint density at radius 3 is 2.53 bits per heavy atom. The fourth-order valence-electron chi connectivity index (χ4n) is 1.30. The van der Waals surface area contributed by atoms with Gasteiger partial charge < -0.3 is 5.32 Å². The van der Waals surface area contributed by atoms with Gasteiger partial charge in [0.05, 0.1) is 6.07 Å². The van der Waals surface area contributed by atoms with Crippen LogP contribution < -0.4 is 5.32 Å². The average Bonchev–Trinajstić information content (AvgIpc) is 2.16. The molecule has 0 aliphatic heterocycles. The lowest BCUT2D eigenvalue weighted by Gasteiger charge is -2.17. The van der Waals surface area contributed by atoms with Crippen LogP contribution in [0.3, 0.4) is 0 Å². The van der Waals surface area contributed by atoms with Gasteiger partial charge in [-0.15, -0.1) is 0 Å². The van der Waals surface area contributed by atoms with Gasteiger partial charge >= 0.3 is 0 Å². The smallest absolute Gasteiger partial charge is 0.116 e. The van der Waals surface area contributed by atoms with Crippen LogP contribution in [-0.4, -0.2) is 6.04 Å². The molecule has 15 heavy (non-hydrogen) atoms. The molecule has 0 saturated heterocycles. The molecule has 0 fully saturated rings. The van der Waals surface area contributed by atoms with E-state index >= 15 is 0 Å². The molecule has 80 valence electrons. The molecular formula is C12H15BrN2. The molecule has 3 heteroatoms. The summed E-state index contributed by atoms with van der Waals surface area (Å²) in [5.74, 6) is 0.304. The Morgan fingerprint density at radius 1 is 1.40 bits per heavy atom. The molecule has 0 aliphatic carbocycles. The highest BCUT2D eigenvalue weighted by molar-refractivity contribution is 9.10. The summed E-state index contributed by atoms with van der Waals surface area (Å²) in [6.45, 7) is 6.10. The van der Waals surface area contributed by atoms with Crippen molar-refractivity contribution in [2.24, 2.45) is 5.92 Å². The number of halogens is 1. The van der Waals surface area contributed by atoms with Crippen molar-refractivity contribution < 1.29 is 0 Å². The lowest BCUT2D eigenvalue weighted by molar-refractivity contribution is 0.609. The molecule has 1 atom stereocenters. The van der Waals surface area contributed by atoms with Crippen molar-refractivity contribution in [3.8, 4) is 6.07 Å². The Labute approximate surface area is 99.4 Å². The quantitative estimate of drug-likeness (QED) is 0.906. The van der Waals surface area contributed by atoms with Gasteiger partial charge in [-0.05, 0) is 36.6 Å². The third-order valence-electron chi connectivity index (χ3n) is 2.31. The summed E-state index contributed by atoms with van der Waals surface area (Å²) in [5.41, 5.74) is 2.17. The first-order valence-electron chi connectivity index (χ1n) is 4.97. The highest BCUT2D eigenvalue weighted by Gasteiger charge is 2.12. The molecule has 0 radical (unpaired) electrons. The number of nitrogens with zero attached hydrogens (tertiary/aromatic N) is 1. The Bertz CT molecular complexity index is 380. The number of nitrogens with one attached hydrogen (secondary N) is 1. The summed E-state index contributed by atoms with van der Waals surface area (Å²) < 4.78 is 1.06. The zero-order valence-corrected chi connectivity index (χ0v) is 10.8. The second kappa shape index (κ2) is 5.18. The first-order valence-corrected chi connectivity index (χ1v) is 5.76. The average molecular weight is 267 g/mol. The van der Waals surface area contributed by atoms with E-state index in [-0.39, 0.29) is 6.04 Å². The van der Waals surface area contributed by atoms with Gasteiger partial charge in [0.15, 0.2) is 0 Å². The molecule has 0 saturated carbocycles. The summed E-state index contributed by atoms with van der Waals surface area (Å²) in [6.07, 6.45) is 0. The maximum atomic E-state index is 8.98. The molecule has 1 aromatic rings. The van der Waals surface area contributed by atoms with Crippen molar-refractivity contribution in [1.29, 1.82) is 5.26 Å². The molecule has 2 nitrogen and oxygen atoms in total. The van der Waals surface area contributed by atoms with Gasteiger partial charge in [-0.2, -0.15) is 5.26 Å². The van der Waals surface area contributed by atoms with Crippen LogP contribution >= 0.6 is 15.9 Å². The first kappa shape index (κ1) is 12.1. The van der Waals surface area contributed by atoms with Gasteiger partial charge in [0.1, 0.15) is 6.04 Å². The highest BCUT2D eigenvalue weighted by atomic mass is 79.9. The second-order valence-corrected chi connectivity index (χ2v) is 4.87. The minimum Gasteiger partial charge on any atom is -0.369 e. The number of hydrogen-bond donors (Lipinski definition) is 1. The SMILES string of the molecule is Cc1cc(Br)ccc1NC(C#N)C(C)C. The Morgan fingerprint density at radius 2 is 2.07 bits per heavy atom. The first-order chi connectivity index (χ1) is 7.04. The van der Waals surface area contributed by atoms with Crippen LogP contribution in [-0.2, 0) is 0 Å². The third kappa shape index (κ3) is 3.24. The number of anilines is 1. The maximum Gasteiger partial charge on any atom is 0.116 e. The normalized spacial score (nSPS) is 12.3. The van der Waals surface area contributed by atoms with Gasteiger partial charge in [-0.3, -0.25) is 0 Å². The minimum atomic E-state index is -0.134. The van der Waals surface area contributed by atoms with E-state index in [1.54, 1.807) is 0 Å². The van der Waals surface area contributed by atoms with E-state index < -0.39 is 0 Å². The van der Waals surface area contributed by atoms with Crippen molar-refractivity contribution in [3.05, 3.63) is 28.2 Å². The minimum absolute atomic E-state index is 0.134. The summed E-state index contributed by atoms with van der Waals surface area (Å²) in [5, 5.41) is 12.2. The van der Waals surface area contributed by atoms with Gasteiger partial charge in [0.25, 0.3) is 0 Å². The van der Waals surface area contributed by atoms with E-state index in [2.05, 4.69) is 27.3 Å². The van der Waals surface area contributed by atoms with Crippen molar-refractivity contribution in [3.63, 3.8) is 0 Å². The Kier molecular flexibility index (Phi) is 4.16. The van der Waals surface area contributed by atoms with Gasteiger partial charge in [0.2, 0.25) is 0 Å². The lowest BCUT2D eigenvalue weighted by Crippen LogP contribution is -2.23. The molecule has 0 aromatic heterocycles. The maximum absolute atomic E-state index is 8.98. The van der Waals surface area contributed by atoms with E-state index in [1.165, 1.54) is 0 Å². The topological polar surface area (TPSA) is 35.8 Å². The molecule has 1 unspecified atom stereocenters. The predicted octanol–water partition coefficient (Wildman–Crippen LogP) is 3.72. The van der Waals surface area contributed by atoms with E-state index in [0.717, 1.165) is 15.7 Å². The number of hydrogen-bond acceptors (Lipinski definition) is 2. The molecule has 0 amide bonds. The van der Waals surface area contributed by atoms with Crippen molar-refractivity contribution in [2.45, 2.75) is 26.8 Å². The molecule has 1 N–H and O–H groups in total. The fourth-order valence-corrected chi connectivity index (χ4v) is 1.78. The van der Waals surface area contributed by atoms with Crippen LogP contribution in [0.4, 0.5) is 5.69 Å². The molecule has 1 aromatic carbocycles. The zero-order valence-electron chi connectivity index (χ0n) is 9.21. The van der Waals surface area contributed by atoms with Gasteiger partial charge in [-0.25, -0.2) is 0 Å². The molecule has 0 bridgehead atoms. The zero-order chi connectivity index (χ0) is 11.4. The van der Waals surface area contributed by atoms with Gasteiger partial charge in [0, 0.05) is 10.2 Å². The molecule has 0 heterocycles. The van der Waals surface area contributed by atoms with Crippen LogP contribution in [0.15, 0.2) is 22.7 Å². The van der Waals surface area contributed by atoms with Crippen molar-refractivity contribution in [2.75, 3.05) is 5.32 Å². The van der Waals surface area contributed by atoms with Crippen LogP contribution in [0, 0.1) is 24.2 Å². The number of benzene rings is 1. The summed E-state index contributed by atoms with van der Waals surface area (Å²) >= 11 is 3.42. The predicted molar refractivity (Wildman–Crippen MR) is 66.7 cm³/mol. The van der Waals surface area contributed by atoms with Crippen LogP contribution in [0.25, 0.3) is 0 Å². The number of aryl methyl sites for hydroxylation is 1. The number of rotatable bonds is 3. The molecule has 0 spiro atoms. The van der Waals surface area contributed by atoms with E-state index in [9.17, 15) is 0 Å². The fraction of sp³-hybridized carbons (Fsp3) is 0.417. The monoisotopic (exact) mass is 266 g/mol. The van der Waals surface area contributed by atoms with Crippen LogP contribution in [0.1, 0.15) is 19.4 Å². The molecule has 1 rings (SSSR count). The van der Waals surface area contributed by atoms with Crippen molar-refractivity contribution in [1.82, 2.24) is 0 Å². The lowest BCUT2D eigenvalue weighted by atomic mass is 10.0. The molecule has 0 aliphatic rings. The largest absolute Gasteiger partial charge is 0.369 e. The summed E-state index contributed by atoms with van der Waals surface area (Å²) in [6, 6.07) is 8.14. The standard InChI is InChI=1S/C12H15BrN2/c1-8(2)12(7-14)15-11-5-4-10(13)6-9(11)3/h4-6,8,12,15H,1-3H3. The third-order valence-corrected chi connectivity index (χ3v) is 2.80. The Hall–Kier alpha value is -1.01. The van der Waals surface area contributed by atoms with Crippen LogP contribution in [0.5, 0.6) is 0 Å². The van der Waals surface area contributed by atoms with Crippen molar-refractivity contribution >= 4 is 21.6 Å². The molecular weight excluding hydrogens is 252 g/mol. The van der Waals surface area contributed by atoms with E-state index in [4.69, 9.17) is 5.26 Å². The number of nitriles is 1. The summed E-state index contributed by atoms with van der Waals surface area (Å²) in [7, 11) is 0. The van der Waals surface area contributed by atoms with E-state index in [1.807, 2.05) is 39.0 Å². The Balaban J connectivity index is 2.85.